The molecule has 11 heteroatoms. The molecule has 2 aromatic rings. The standard InChI is InChI=1S/C22H29F3N4O3S/c1-19(2,3)33(32)28-21(18(30)31,13-20(4,5)22(23,24)25)15-8-6-14(7-9-15)17-12-26-29(27-17)16-10-11-16/h6-9,12,16,28H,10-11,13H2,1-5H3,(H,30,31)/t21-,33-/m0/s1. The topological polar surface area (TPSA) is 103 Å². The molecule has 182 valence electrons. The van der Waals surface area contributed by atoms with Crippen LogP contribution in [0.2, 0.25) is 0 Å². The lowest BCUT2D eigenvalue weighted by Crippen LogP contribution is -2.58. The summed E-state index contributed by atoms with van der Waals surface area (Å²) in [5.41, 5.74) is -3.30. The lowest BCUT2D eigenvalue weighted by Gasteiger charge is -2.40. The van der Waals surface area contributed by atoms with Gasteiger partial charge in [-0.25, -0.2) is 4.79 Å². The van der Waals surface area contributed by atoms with Gasteiger partial charge in [0.1, 0.15) is 10.4 Å². The number of nitrogens with one attached hydrogen (secondary N) is 1. The van der Waals surface area contributed by atoms with Crippen LogP contribution in [0.25, 0.3) is 11.3 Å². The summed E-state index contributed by atoms with van der Waals surface area (Å²) in [6.45, 7) is 6.73. The van der Waals surface area contributed by atoms with Crippen molar-refractivity contribution in [2.24, 2.45) is 5.41 Å². The van der Waals surface area contributed by atoms with E-state index < -0.39 is 45.6 Å². The van der Waals surface area contributed by atoms with Crippen LogP contribution in [0.4, 0.5) is 13.2 Å². The molecule has 7 nitrogen and oxygen atoms in total. The van der Waals surface area contributed by atoms with Crippen molar-refractivity contribution in [2.75, 3.05) is 0 Å². The molecule has 1 aliphatic carbocycles. The Morgan fingerprint density at radius 1 is 1.18 bits per heavy atom. The maximum absolute atomic E-state index is 13.8. The van der Waals surface area contributed by atoms with Crippen LogP contribution < -0.4 is 4.72 Å². The molecule has 1 aromatic heterocycles. The fraction of sp³-hybridized carbons (Fsp3) is 0.591. The Bertz CT molecular complexity index is 998. The lowest BCUT2D eigenvalue weighted by molar-refractivity contribution is -0.219. The summed E-state index contributed by atoms with van der Waals surface area (Å²) in [6, 6.07) is 6.36. The van der Waals surface area contributed by atoms with Gasteiger partial charge >= 0.3 is 12.1 Å². The first kappa shape index (κ1) is 25.5. The lowest BCUT2D eigenvalue weighted by atomic mass is 9.74. The first-order valence-electron chi connectivity index (χ1n) is 10.6. The second-order valence-corrected chi connectivity index (χ2v) is 12.1. The average Bonchev–Trinajstić information content (AvgIpc) is 3.42. The molecule has 1 heterocycles. The highest BCUT2D eigenvalue weighted by atomic mass is 32.2. The van der Waals surface area contributed by atoms with E-state index in [1.165, 1.54) is 12.1 Å². The number of aromatic nitrogens is 3. The molecule has 3 rings (SSSR count). The molecule has 0 radical (unpaired) electrons. The number of hydrogen-bond donors (Lipinski definition) is 2. The van der Waals surface area contributed by atoms with E-state index in [1.807, 2.05) is 0 Å². The molecule has 0 aliphatic heterocycles. The third kappa shape index (κ3) is 5.36. The largest absolute Gasteiger partial charge is 0.598 e. The van der Waals surface area contributed by atoms with Crippen LogP contribution in [-0.4, -0.2) is 41.5 Å². The predicted octanol–water partition coefficient (Wildman–Crippen LogP) is 4.59. The highest BCUT2D eigenvalue weighted by Crippen LogP contribution is 2.47. The quantitative estimate of drug-likeness (QED) is 0.529. The first-order chi connectivity index (χ1) is 15.1. The maximum Gasteiger partial charge on any atom is 0.394 e. The Labute approximate surface area is 194 Å². The number of carbonyl (C=O) groups is 1. The molecule has 0 unspecified atom stereocenters. The van der Waals surface area contributed by atoms with Gasteiger partial charge in [0.15, 0.2) is 5.54 Å². The first-order valence-corrected chi connectivity index (χ1v) is 11.7. The molecule has 0 spiro atoms. The van der Waals surface area contributed by atoms with Crippen LogP contribution in [0, 0.1) is 5.41 Å². The van der Waals surface area contributed by atoms with E-state index in [2.05, 4.69) is 14.9 Å². The van der Waals surface area contributed by atoms with Gasteiger partial charge in [-0.15, -0.1) is 4.72 Å². The minimum atomic E-state index is -4.67. The maximum atomic E-state index is 13.8. The van der Waals surface area contributed by atoms with E-state index >= 15 is 0 Å². The molecule has 1 aliphatic rings. The number of benzene rings is 1. The number of alkyl halides is 3. The van der Waals surface area contributed by atoms with Crippen molar-refractivity contribution >= 4 is 17.3 Å². The molecule has 1 fully saturated rings. The van der Waals surface area contributed by atoms with Crippen molar-refractivity contribution in [1.82, 2.24) is 19.7 Å². The SMILES string of the molecule is CC(C)(C)[S@+]([O-])N[C@](CC(C)(C)C(F)(F)F)(C(=O)O)c1ccc(-c2cnn(C3CC3)n2)cc1. The second-order valence-electron chi connectivity index (χ2n) is 10.1. The smallest absolute Gasteiger partial charge is 0.394 e. The normalized spacial score (nSPS) is 18.1. The Kier molecular flexibility index (Phi) is 6.64. The van der Waals surface area contributed by atoms with E-state index in [0.717, 1.165) is 26.7 Å². The van der Waals surface area contributed by atoms with Gasteiger partial charge in [0.2, 0.25) is 0 Å². The minimum absolute atomic E-state index is 0.0725. The second kappa shape index (κ2) is 8.59. The van der Waals surface area contributed by atoms with Crippen LogP contribution in [0.15, 0.2) is 30.5 Å². The zero-order chi connectivity index (χ0) is 24.8. The third-order valence-corrected chi connectivity index (χ3v) is 7.36. The van der Waals surface area contributed by atoms with Crippen LogP contribution in [-0.2, 0) is 21.7 Å². The fourth-order valence-electron chi connectivity index (χ4n) is 3.33. The van der Waals surface area contributed by atoms with Gasteiger partial charge in [-0.2, -0.15) is 28.2 Å². The van der Waals surface area contributed by atoms with E-state index in [1.54, 1.807) is 43.9 Å². The molecule has 0 saturated heterocycles. The number of halogens is 3. The Hall–Kier alpha value is -2.11. The molecule has 2 N–H and O–H groups in total. The molecule has 33 heavy (non-hydrogen) atoms. The summed E-state index contributed by atoms with van der Waals surface area (Å²) in [7, 11) is 0. The average molecular weight is 487 g/mol. The van der Waals surface area contributed by atoms with Crippen LogP contribution in [0.5, 0.6) is 0 Å². The number of hydrogen-bond acceptors (Lipinski definition) is 5. The van der Waals surface area contributed by atoms with Gasteiger partial charge < -0.3 is 9.66 Å². The van der Waals surface area contributed by atoms with Gasteiger partial charge in [0.25, 0.3) is 0 Å². The summed E-state index contributed by atoms with van der Waals surface area (Å²) in [5.74, 6) is -1.54. The molecule has 1 saturated carbocycles. The summed E-state index contributed by atoms with van der Waals surface area (Å²) >= 11 is -1.95. The highest BCUT2D eigenvalue weighted by molar-refractivity contribution is 7.90. The minimum Gasteiger partial charge on any atom is -0.598 e. The molecular weight excluding hydrogens is 457 g/mol. The molecule has 0 amide bonds. The summed E-state index contributed by atoms with van der Waals surface area (Å²) in [4.78, 5) is 14.2. The Morgan fingerprint density at radius 3 is 2.21 bits per heavy atom. The third-order valence-electron chi connectivity index (χ3n) is 5.72. The molecule has 0 bridgehead atoms. The Morgan fingerprint density at radius 2 is 1.76 bits per heavy atom. The highest BCUT2D eigenvalue weighted by Gasteiger charge is 2.57. The van der Waals surface area contributed by atoms with Crippen molar-refractivity contribution in [2.45, 2.75) is 76.4 Å². The van der Waals surface area contributed by atoms with Crippen LogP contribution in [0.1, 0.15) is 65.5 Å². The number of rotatable bonds is 8. The molecular formula is C22H29F3N4O3S. The number of carboxylic acids is 1. The summed E-state index contributed by atoms with van der Waals surface area (Å²) in [6.07, 6.45) is -1.89. The zero-order valence-corrected chi connectivity index (χ0v) is 20.0. The van der Waals surface area contributed by atoms with Crippen molar-refractivity contribution in [3.63, 3.8) is 0 Å². The van der Waals surface area contributed by atoms with Gasteiger partial charge in [-0.1, -0.05) is 38.1 Å². The van der Waals surface area contributed by atoms with Crippen molar-refractivity contribution in [3.8, 4) is 11.3 Å². The van der Waals surface area contributed by atoms with Gasteiger partial charge in [0.05, 0.1) is 17.7 Å². The zero-order valence-electron chi connectivity index (χ0n) is 19.2. The summed E-state index contributed by atoms with van der Waals surface area (Å²) < 4.78 is 55.8. The van der Waals surface area contributed by atoms with Crippen LogP contribution in [0.3, 0.4) is 0 Å². The van der Waals surface area contributed by atoms with Crippen molar-refractivity contribution in [1.29, 1.82) is 0 Å². The van der Waals surface area contributed by atoms with Gasteiger partial charge in [-0.05, 0) is 45.6 Å². The number of nitrogens with zero attached hydrogens (tertiary/aromatic N) is 3. The van der Waals surface area contributed by atoms with Gasteiger partial charge in [0, 0.05) is 16.9 Å². The molecule has 1 aromatic carbocycles. The van der Waals surface area contributed by atoms with E-state index in [0.29, 0.717) is 17.3 Å². The van der Waals surface area contributed by atoms with Crippen molar-refractivity contribution < 1.29 is 27.6 Å². The van der Waals surface area contributed by atoms with Crippen molar-refractivity contribution in [3.05, 3.63) is 36.0 Å². The number of carboxylic acid groups (broad SMARTS) is 1. The van der Waals surface area contributed by atoms with E-state index in [-0.39, 0.29) is 5.56 Å². The predicted molar refractivity (Wildman–Crippen MR) is 119 cm³/mol. The molecule has 2 atom stereocenters. The fourth-order valence-corrected chi connectivity index (χ4v) is 4.23. The van der Waals surface area contributed by atoms with Gasteiger partial charge in [-0.3, -0.25) is 0 Å². The van der Waals surface area contributed by atoms with E-state index in [4.69, 9.17) is 0 Å². The van der Waals surface area contributed by atoms with E-state index in [9.17, 15) is 27.6 Å². The van der Waals surface area contributed by atoms with Crippen LogP contribution >= 0.6 is 0 Å². The number of aliphatic carboxylic acids is 1. The monoisotopic (exact) mass is 486 g/mol. The summed E-state index contributed by atoms with van der Waals surface area (Å²) in [5, 5.41) is 18.8. The Balaban J connectivity index is 2.03.